The van der Waals surface area contributed by atoms with Crippen LogP contribution in [0.25, 0.3) is 0 Å². The van der Waals surface area contributed by atoms with Gasteiger partial charge in [0, 0.05) is 0 Å². The smallest absolute Gasteiger partial charge is 0.335 e. The first kappa shape index (κ1) is 11.2. The maximum Gasteiger partial charge on any atom is 0.335 e. The molecule has 0 heterocycles. The second-order valence-corrected chi connectivity index (χ2v) is 4.28. The zero-order valence-corrected chi connectivity index (χ0v) is 8.19. The molecule has 1 rings (SSSR count). The van der Waals surface area contributed by atoms with Crippen LogP contribution in [0.1, 0.15) is 10.4 Å². The number of nitrogens with one attached hydrogen (secondary N) is 1. The Hall–Kier alpha value is -1.89. The van der Waals surface area contributed by atoms with Gasteiger partial charge in [-0.05, 0) is 24.3 Å². The van der Waals surface area contributed by atoms with Crippen molar-refractivity contribution in [1.29, 1.82) is 0 Å². The topological polar surface area (TPSA) is 101 Å². The Bertz CT molecular complexity index is 476. The van der Waals surface area contributed by atoms with Crippen molar-refractivity contribution < 1.29 is 23.1 Å². The molecule has 0 aliphatic carbocycles. The third kappa shape index (κ3) is 2.53. The number of aromatic carboxylic acids is 1. The number of rotatable bonds is 4. The van der Waals surface area contributed by atoms with Crippen molar-refractivity contribution in [3.63, 3.8) is 0 Å². The van der Waals surface area contributed by atoms with E-state index in [0.717, 1.165) is 24.3 Å². The van der Waals surface area contributed by atoms with Crippen molar-refractivity contribution in [2.24, 2.45) is 0 Å². The molecule has 6 nitrogen and oxygen atoms in total. The highest BCUT2D eigenvalue weighted by molar-refractivity contribution is 7.90. The number of carboxylic acid groups (broad SMARTS) is 1. The van der Waals surface area contributed by atoms with Gasteiger partial charge in [0.15, 0.2) is 0 Å². The van der Waals surface area contributed by atoms with Crippen LogP contribution in [0.5, 0.6) is 0 Å². The van der Waals surface area contributed by atoms with Crippen LogP contribution in [0, 0.1) is 0 Å². The third-order valence-corrected chi connectivity index (χ3v) is 2.91. The van der Waals surface area contributed by atoms with Gasteiger partial charge in [-0.25, -0.2) is 13.2 Å². The van der Waals surface area contributed by atoms with E-state index >= 15 is 0 Å². The van der Waals surface area contributed by atoms with E-state index in [-0.39, 0.29) is 16.9 Å². The molecule has 1 aromatic rings. The molecular formula is C8H7NO5S. The normalized spacial score (nSPS) is 10.7. The second-order valence-electron chi connectivity index (χ2n) is 2.57. The number of carboxylic acids is 1. The first-order chi connectivity index (χ1) is 6.97. The average molecular weight is 229 g/mol. The third-order valence-electron chi connectivity index (χ3n) is 1.61. The van der Waals surface area contributed by atoms with Crippen molar-refractivity contribution in [2.45, 2.75) is 4.90 Å². The molecule has 7 heteroatoms. The Labute approximate surface area is 85.6 Å². The van der Waals surface area contributed by atoms with Crippen LogP contribution in [0.15, 0.2) is 29.2 Å². The lowest BCUT2D eigenvalue weighted by atomic mass is 10.2. The molecule has 0 unspecified atom stereocenters. The Morgan fingerprint density at radius 3 is 2.20 bits per heavy atom. The number of carbonyl (C=O) groups is 2. The van der Waals surface area contributed by atoms with Gasteiger partial charge < -0.3 is 5.11 Å². The zero-order chi connectivity index (χ0) is 11.5. The standard InChI is InChI=1S/C8H7NO5S/c10-5-9-15(13,14)7-3-1-6(2-4-7)8(11)12/h1-5H,(H,9,10)(H,11,12). The summed E-state index contributed by atoms with van der Waals surface area (Å²) in [4.78, 5) is 20.3. The Morgan fingerprint density at radius 2 is 1.80 bits per heavy atom. The molecule has 80 valence electrons. The first-order valence-corrected chi connectivity index (χ1v) is 5.25. The van der Waals surface area contributed by atoms with Gasteiger partial charge in [0.2, 0.25) is 6.41 Å². The van der Waals surface area contributed by atoms with Crippen LogP contribution in [-0.2, 0) is 14.8 Å². The summed E-state index contributed by atoms with van der Waals surface area (Å²) < 4.78 is 24.1. The van der Waals surface area contributed by atoms with E-state index in [4.69, 9.17) is 5.11 Å². The fraction of sp³-hybridized carbons (Fsp3) is 0. The summed E-state index contributed by atoms with van der Waals surface area (Å²) >= 11 is 0. The van der Waals surface area contributed by atoms with E-state index in [1.807, 2.05) is 0 Å². The van der Waals surface area contributed by atoms with E-state index in [0.29, 0.717) is 0 Å². The van der Waals surface area contributed by atoms with Crippen LogP contribution < -0.4 is 4.72 Å². The quantitative estimate of drug-likeness (QED) is 0.697. The average Bonchev–Trinajstić information content (AvgIpc) is 2.18. The molecule has 0 bridgehead atoms. The van der Waals surface area contributed by atoms with Crippen molar-refractivity contribution in [3.8, 4) is 0 Å². The van der Waals surface area contributed by atoms with Crippen LogP contribution in [0.3, 0.4) is 0 Å². The van der Waals surface area contributed by atoms with Crippen molar-refractivity contribution in [2.75, 3.05) is 0 Å². The molecule has 1 amide bonds. The van der Waals surface area contributed by atoms with E-state index in [2.05, 4.69) is 0 Å². The Kier molecular flexibility index (Phi) is 3.05. The number of benzene rings is 1. The number of hydrogen-bond acceptors (Lipinski definition) is 4. The van der Waals surface area contributed by atoms with Gasteiger partial charge in [0.25, 0.3) is 10.0 Å². The van der Waals surface area contributed by atoms with E-state index in [9.17, 15) is 18.0 Å². The molecule has 0 spiro atoms. The molecule has 0 saturated carbocycles. The van der Waals surface area contributed by atoms with Gasteiger partial charge in [0.1, 0.15) is 0 Å². The summed E-state index contributed by atoms with van der Waals surface area (Å²) in [5, 5.41) is 8.56. The minimum atomic E-state index is -3.86. The van der Waals surface area contributed by atoms with Crippen LogP contribution in [0.4, 0.5) is 0 Å². The van der Waals surface area contributed by atoms with E-state index < -0.39 is 16.0 Å². The first-order valence-electron chi connectivity index (χ1n) is 3.77. The van der Waals surface area contributed by atoms with Crippen LogP contribution in [0.2, 0.25) is 0 Å². The molecule has 1 aromatic carbocycles. The highest BCUT2D eigenvalue weighted by atomic mass is 32.2. The van der Waals surface area contributed by atoms with Crippen molar-refractivity contribution in [1.82, 2.24) is 4.72 Å². The minimum absolute atomic E-state index is 0.0277. The second kappa shape index (κ2) is 4.09. The van der Waals surface area contributed by atoms with E-state index in [1.54, 1.807) is 4.72 Å². The zero-order valence-electron chi connectivity index (χ0n) is 7.38. The largest absolute Gasteiger partial charge is 0.478 e. The van der Waals surface area contributed by atoms with Crippen molar-refractivity contribution in [3.05, 3.63) is 29.8 Å². The van der Waals surface area contributed by atoms with Gasteiger partial charge in [0.05, 0.1) is 10.5 Å². The molecule has 2 N–H and O–H groups in total. The number of carbonyl (C=O) groups excluding carboxylic acids is 1. The van der Waals surface area contributed by atoms with Crippen LogP contribution in [-0.4, -0.2) is 25.9 Å². The molecule has 0 saturated heterocycles. The number of amides is 1. The highest BCUT2D eigenvalue weighted by Crippen LogP contribution is 2.09. The maximum absolute atomic E-state index is 11.2. The summed E-state index contributed by atoms with van der Waals surface area (Å²) in [7, 11) is -3.86. The predicted molar refractivity (Wildman–Crippen MR) is 49.8 cm³/mol. The highest BCUT2D eigenvalue weighted by Gasteiger charge is 2.13. The Morgan fingerprint density at radius 1 is 1.27 bits per heavy atom. The summed E-state index contributed by atoms with van der Waals surface area (Å²) in [5.74, 6) is -1.15. The van der Waals surface area contributed by atoms with Crippen LogP contribution >= 0.6 is 0 Å². The lowest BCUT2D eigenvalue weighted by molar-refractivity contribution is -0.108. The maximum atomic E-state index is 11.2. The van der Waals surface area contributed by atoms with Gasteiger partial charge in [-0.1, -0.05) is 0 Å². The molecule has 15 heavy (non-hydrogen) atoms. The fourth-order valence-electron chi connectivity index (χ4n) is 0.908. The summed E-state index contributed by atoms with van der Waals surface area (Å²) in [6.45, 7) is 0. The number of hydrogen-bond donors (Lipinski definition) is 2. The minimum Gasteiger partial charge on any atom is -0.478 e. The Balaban J connectivity index is 3.09. The molecular weight excluding hydrogens is 222 g/mol. The van der Waals surface area contributed by atoms with Gasteiger partial charge >= 0.3 is 5.97 Å². The molecule has 0 aliphatic heterocycles. The van der Waals surface area contributed by atoms with Crippen molar-refractivity contribution >= 4 is 22.4 Å². The van der Waals surface area contributed by atoms with Gasteiger partial charge in [-0.3, -0.25) is 9.52 Å². The number of sulfonamides is 1. The molecule has 0 aromatic heterocycles. The SMILES string of the molecule is O=CNS(=O)(=O)c1ccc(C(=O)O)cc1. The monoisotopic (exact) mass is 229 g/mol. The lowest BCUT2D eigenvalue weighted by Crippen LogP contribution is -2.21. The summed E-state index contributed by atoms with van der Waals surface area (Å²) in [5.41, 5.74) is -0.0277. The summed E-state index contributed by atoms with van der Waals surface area (Å²) in [6, 6.07) is 4.49. The lowest BCUT2D eigenvalue weighted by Gasteiger charge is -2.01. The predicted octanol–water partition coefficient (Wildman–Crippen LogP) is -0.181. The molecule has 0 atom stereocenters. The van der Waals surface area contributed by atoms with E-state index in [1.165, 1.54) is 0 Å². The van der Waals surface area contributed by atoms with Gasteiger partial charge in [-0.15, -0.1) is 0 Å². The fourth-order valence-corrected chi connectivity index (χ4v) is 1.67. The van der Waals surface area contributed by atoms with Gasteiger partial charge in [-0.2, -0.15) is 0 Å². The molecule has 0 aliphatic rings. The molecule has 0 fully saturated rings. The molecule has 0 radical (unpaired) electrons. The summed E-state index contributed by atoms with van der Waals surface area (Å²) in [6.07, 6.45) is 0.0421.